The highest BCUT2D eigenvalue weighted by Gasteiger charge is 2.09. The molecule has 1 heterocycles. The maximum absolute atomic E-state index is 9.26. The summed E-state index contributed by atoms with van der Waals surface area (Å²) in [6.07, 6.45) is 1.02. The summed E-state index contributed by atoms with van der Waals surface area (Å²) in [5.41, 5.74) is 1.92. The van der Waals surface area contributed by atoms with Gasteiger partial charge in [0.15, 0.2) is 0 Å². The molecule has 4 heteroatoms. The van der Waals surface area contributed by atoms with E-state index in [-0.39, 0.29) is 6.61 Å². The number of aryl methyl sites for hydroxylation is 1. The molecule has 4 nitrogen and oxygen atoms in total. The molecule has 0 aliphatic carbocycles. The molecule has 1 N–H and O–H groups in total. The van der Waals surface area contributed by atoms with Crippen LogP contribution < -0.4 is 4.74 Å². The Bertz CT molecular complexity index is 491. The molecule has 2 aromatic rings. The molecule has 0 spiro atoms. The van der Waals surface area contributed by atoms with Gasteiger partial charge in [0, 0.05) is 12.6 Å². The van der Waals surface area contributed by atoms with Crippen LogP contribution in [0.1, 0.15) is 19.2 Å². The van der Waals surface area contributed by atoms with E-state index in [9.17, 15) is 5.11 Å². The first-order valence-corrected chi connectivity index (χ1v) is 5.44. The monoisotopic (exact) mass is 220 g/mol. The third-order valence-corrected chi connectivity index (χ3v) is 2.62. The van der Waals surface area contributed by atoms with E-state index in [4.69, 9.17) is 4.74 Å². The highest BCUT2D eigenvalue weighted by atomic mass is 16.5. The second-order valence-corrected chi connectivity index (χ2v) is 3.69. The molecule has 0 bridgehead atoms. The standard InChI is InChI=1S/C12H16N2O2/c1-3-6-14-11-5-4-9(16-2)7-10(11)13-12(14)8-15/h4-5,7,15H,3,6,8H2,1-2H3. The Kier molecular flexibility index (Phi) is 3.10. The number of ether oxygens (including phenoxy) is 1. The Hall–Kier alpha value is -1.55. The average Bonchev–Trinajstić information content (AvgIpc) is 2.67. The van der Waals surface area contributed by atoms with Crippen molar-refractivity contribution in [3.05, 3.63) is 24.0 Å². The van der Waals surface area contributed by atoms with E-state index >= 15 is 0 Å². The molecule has 0 saturated heterocycles. The number of aliphatic hydroxyl groups is 1. The van der Waals surface area contributed by atoms with Gasteiger partial charge in [0.2, 0.25) is 0 Å². The summed E-state index contributed by atoms with van der Waals surface area (Å²) < 4.78 is 7.20. The molecular weight excluding hydrogens is 204 g/mol. The quantitative estimate of drug-likeness (QED) is 0.856. The van der Waals surface area contributed by atoms with Gasteiger partial charge in [-0.05, 0) is 18.6 Å². The molecule has 0 saturated carbocycles. The zero-order valence-electron chi connectivity index (χ0n) is 9.60. The van der Waals surface area contributed by atoms with E-state index in [2.05, 4.69) is 16.5 Å². The van der Waals surface area contributed by atoms with Crippen molar-refractivity contribution in [2.75, 3.05) is 7.11 Å². The predicted molar refractivity (Wildman–Crippen MR) is 62.5 cm³/mol. The summed E-state index contributed by atoms with van der Waals surface area (Å²) in [6, 6.07) is 5.79. The van der Waals surface area contributed by atoms with Crippen LogP contribution in [0.2, 0.25) is 0 Å². The van der Waals surface area contributed by atoms with Crippen molar-refractivity contribution in [2.45, 2.75) is 26.5 Å². The number of methoxy groups -OCH3 is 1. The minimum atomic E-state index is -0.0308. The van der Waals surface area contributed by atoms with E-state index < -0.39 is 0 Å². The Balaban J connectivity index is 2.58. The summed E-state index contributed by atoms with van der Waals surface area (Å²) in [7, 11) is 1.64. The van der Waals surface area contributed by atoms with Crippen molar-refractivity contribution in [1.29, 1.82) is 0 Å². The second kappa shape index (κ2) is 4.53. The van der Waals surface area contributed by atoms with Crippen molar-refractivity contribution >= 4 is 11.0 Å². The van der Waals surface area contributed by atoms with Crippen molar-refractivity contribution in [3.63, 3.8) is 0 Å². The van der Waals surface area contributed by atoms with E-state index in [0.29, 0.717) is 5.82 Å². The van der Waals surface area contributed by atoms with Crippen LogP contribution in [-0.2, 0) is 13.2 Å². The highest BCUT2D eigenvalue weighted by Crippen LogP contribution is 2.22. The summed E-state index contributed by atoms with van der Waals surface area (Å²) in [5, 5.41) is 9.26. The lowest BCUT2D eigenvalue weighted by atomic mass is 10.3. The van der Waals surface area contributed by atoms with Gasteiger partial charge in [0.25, 0.3) is 0 Å². The number of fused-ring (bicyclic) bond motifs is 1. The number of aliphatic hydroxyl groups excluding tert-OH is 1. The van der Waals surface area contributed by atoms with E-state index in [1.165, 1.54) is 0 Å². The SMILES string of the molecule is CCCn1c(CO)nc2cc(OC)ccc21. The number of imidazole rings is 1. The largest absolute Gasteiger partial charge is 0.497 e. The Labute approximate surface area is 94.5 Å². The summed E-state index contributed by atoms with van der Waals surface area (Å²) >= 11 is 0. The minimum absolute atomic E-state index is 0.0308. The first-order valence-electron chi connectivity index (χ1n) is 5.44. The van der Waals surface area contributed by atoms with Gasteiger partial charge in [-0.1, -0.05) is 6.92 Å². The van der Waals surface area contributed by atoms with Gasteiger partial charge >= 0.3 is 0 Å². The van der Waals surface area contributed by atoms with Crippen LogP contribution in [0.25, 0.3) is 11.0 Å². The zero-order chi connectivity index (χ0) is 11.5. The second-order valence-electron chi connectivity index (χ2n) is 3.69. The lowest BCUT2D eigenvalue weighted by Crippen LogP contribution is -2.02. The molecule has 16 heavy (non-hydrogen) atoms. The third kappa shape index (κ3) is 1.76. The van der Waals surface area contributed by atoms with Crippen LogP contribution in [0, 0.1) is 0 Å². The normalized spacial score (nSPS) is 10.9. The molecule has 86 valence electrons. The van der Waals surface area contributed by atoms with Crippen LogP contribution in [0.3, 0.4) is 0 Å². The smallest absolute Gasteiger partial charge is 0.135 e. The molecule has 1 aromatic heterocycles. The average molecular weight is 220 g/mol. The third-order valence-electron chi connectivity index (χ3n) is 2.62. The van der Waals surface area contributed by atoms with Gasteiger partial charge in [0.05, 0.1) is 18.1 Å². The number of rotatable bonds is 4. The first-order chi connectivity index (χ1) is 7.80. The molecule has 0 radical (unpaired) electrons. The van der Waals surface area contributed by atoms with Crippen LogP contribution in [0.5, 0.6) is 5.75 Å². The first kappa shape index (κ1) is 11.0. The zero-order valence-corrected chi connectivity index (χ0v) is 9.60. The van der Waals surface area contributed by atoms with Gasteiger partial charge < -0.3 is 14.4 Å². The maximum Gasteiger partial charge on any atom is 0.135 e. The van der Waals surface area contributed by atoms with Gasteiger partial charge in [-0.2, -0.15) is 0 Å². The van der Waals surface area contributed by atoms with Gasteiger partial charge in [-0.3, -0.25) is 0 Å². The van der Waals surface area contributed by atoms with Crippen molar-refractivity contribution < 1.29 is 9.84 Å². The minimum Gasteiger partial charge on any atom is -0.497 e. The van der Waals surface area contributed by atoms with Crippen molar-refractivity contribution in [2.24, 2.45) is 0 Å². The van der Waals surface area contributed by atoms with Gasteiger partial charge in [-0.25, -0.2) is 4.98 Å². The predicted octanol–water partition coefficient (Wildman–Crippen LogP) is 1.95. The fourth-order valence-electron chi connectivity index (χ4n) is 1.88. The molecular formula is C12H16N2O2. The Morgan fingerprint density at radius 2 is 2.25 bits per heavy atom. The number of hydrogen-bond donors (Lipinski definition) is 1. The topological polar surface area (TPSA) is 47.3 Å². The van der Waals surface area contributed by atoms with Crippen LogP contribution >= 0.6 is 0 Å². The summed E-state index contributed by atoms with van der Waals surface area (Å²) in [6.45, 7) is 2.95. The highest BCUT2D eigenvalue weighted by molar-refractivity contribution is 5.77. The van der Waals surface area contributed by atoms with Gasteiger partial charge in [0.1, 0.15) is 18.2 Å². The molecule has 1 aromatic carbocycles. The number of aromatic nitrogens is 2. The van der Waals surface area contributed by atoms with E-state index in [1.54, 1.807) is 7.11 Å². The van der Waals surface area contributed by atoms with Gasteiger partial charge in [-0.15, -0.1) is 0 Å². The number of benzene rings is 1. The lowest BCUT2D eigenvalue weighted by molar-refractivity contribution is 0.265. The molecule has 0 aliphatic heterocycles. The van der Waals surface area contributed by atoms with Crippen LogP contribution in [-0.4, -0.2) is 21.8 Å². The molecule has 2 rings (SSSR count). The van der Waals surface area contributed by atoms with Crippen molar-refractivity contribution in [1.82, 2.24) is 9.55 Å². The maximum atomic E-state index is 9.26. The van der Waals surface area contributed by atoms with E-state index in [1.807, 2.05) is 18.2 Å². The molecule has 0 aliphatic rings. The van der Waals surface area contributed by atoms with E-state index in [0.717, 1.165) is 29.7 Å². The summed E-state index contributed by atoms with van der Waals surface area (Å²) in [4.78, 5) is 4.39. The number of hydrogen-bond acceptors (Lipinski definition) is 3. The van der Waals surface area contributed by atoms with Crippen molar-refractivity contribution in [3.8, 4) is 5.75 Å². The Morgan fingerprint density at radius 1 is 1.44 bits per heavy atom. The molecule has 0 unspecified atom stereocenters. The molecule has 0 fully saturated rings. The molecule has 0 amide bonds. The molecule has 0 atom stereocenters. The lowest BCUT2D eigenvalue weighted by Gasteiger charge is -2.05. The van der Waals surface area contributed by atoms with Crippen LogP contribution in [0.4, 0.5) is 0 Å². The Morgan fingerprint density at radius 3 is 2.88 bits per heavy atom. The summed E-state index contributed by atoms with van der Waals surface area (Å²) in [5.74, 6) is 1.50. The number of nitrogens with zero attached hydrogens (tertiary/aromatic N) is 2. The fraction of sp³-hybridized carbons (Fsp3) is 0.417. The fourth-order valence-corrected chi connectivity index (χ4v) is 1.88. The van der Waals surface area contributed by atoms with Crippen LogP contribution in [0.15, 0.2) is 18.2 Å².